The predicted octanol–water partition coefficient (Wildman–Crippen LogP) is 4.66. The van der Waals surface area contributed by atoms with Gasteiger partial charge in [-0.05, 0) is 42.8 Å². The molecule has 0 aliphatic carbocycles. The van der Waals surface area contributed by atoms with Crippen LogP contribution in [-0.2, 0) is 10.0 Å². The summed E-state index contributed by atoms with van der Waals surface area (Å²) in [5.41, 5.74) is 2.07. The highest BCUT2D eigenvalue weighted by Gasteiger charge is 2.23. The van der Waals surface area contributed by atoms with Crippen molar-refractivity contribution in [3.05, 3.63) is 81.8 Å². The maximum Gasteiger partial charge on any atom is 0.261 e. The first-order valence-electron chi connectivity index (χ1n) is 9.04. The summed E-state index contributed by atoms with van der Waals surface area (Å²) < 4.78 is 40.0. The minimum Gasteiger partial charge on any atom is -0.493 e. The number of anilines is 1. The highest BCUT2D eigenvalue weighted by Crippen LogP contribution is 2.39. The maximum atomic E-state index is 13.0. The maximum absolute atomic E-state index is 13.0. The van der Waals surface area contributed by atoms with Crippen molar-refractivity contribution in [2.75, 3.05) is 18.9 Å². The van der Waals surface area contributed by atoms with Crippen LogP contribution in [0.5, 0.6) is 11.5 Å². The molecular formula is C22H22BrNO5S. The third kappa shape index (κ3) is 4.77. The summed E-state index contributed by atoms with van der Waals surface area (Å²) >= 11 is 3.39. The Morgan fingerprint density at radius 1 is 0.967 bits per heavy atom. The van der Waals surface area contributed by atoms with Crippen LogP contribution in [0.15, 0.2) is 70.0 Å². The largest absolute Gasteiger partial charge is 0.493 e. The summed E-state index contributed by atoms with van der Waals surface area (Å²) in [4.78, 5) is 0.116. The molecule has 8 heteroatoms. The number of methoxy groups -OCH3 is 2. The van der Waals surface area contributed by atoms with Crippen molar-refractivity contribution < 1.29 is 23.0 Å². The molecule has 3 aromatic carbocycles. The number of rotatable bonds is 7. The second-order valence-electron chi connectivity index (χ2n) is 6.67. The molecule has 1 atom stereocenters. The Balaban J connectivity index is 2.11. The lowest BCUT2D eigenvalue weighted by molar-refractivity contribution is 0.220. The van der Waals surface area contributed by atoms with Crippen LogP contribution in [0.25, 0.3) is 0 Å². The molecule has 2 N–H and O–H groups in total. The topological polar surface area (TPSA) is 84.9 Å². The van der Waals surface area contributed by atoms with E-state index in [0.29, 0.717) is 22.6 Å². The van der Waals surface area contributed by atoms with E-state index in [-0.39, 0.29) is 10.6 Å². The molecule has 0 aliphatic rings. The van der Waals surface area contributed by atoms with Gasteiger partial charge < -0.3 is 14.6 Å². The lowest BCUT2D eigenvalue weighted by Crippen LogP contribution is -2.16. The van der Waals surface area contributed by atoms with Gasteiger partial charge in [0.25, 0.3) is 10.0 Å². The lowest BCUT2D eigenvalue weighted by Gasteiger charge is -2.20. The molecule has 0 spiro atoms. The van der Waals surface area contributed by atoms with E-state index in [2.05, 4.69) is 20.7 Å². The van der Waals surface area contributed by atoms with Crippen molar-refractivity contribution in [3.8, 4) is 11.5 Å². The van der Waals surface area contributed by atoms with E-state index in [1.54, 1.807) is 36.4 Å². The first-order chi connectivity index (χ1) is 14.2. The van der Waals surface area contributed by atoms with Gasteiger partial charge in [0.15, 0.2) is 11.5 Å². The Kier molecular flexibility index (Phi) is 6.70. The summed E-state index contributed by atoms with van der Waals surface area (Å²) in [5.74, 6) is 0.712. The van der Waals surface area contributed by atoms with Crippen molar-refractivity contribution in [2.45, 2.75) is 17.9 Å². The van der Waals surface area contributed by atoms with Gasteiger partial charge >= 0.3 is 0 Å². The molecule has 0 saturated carbocycles. The number of aliphatic hydroxyl groups is 1. The van der Waals surface area contributed by atoms with Crippen LogP contribution in [0, 0.1) is 6.92 Å². The van der Waals surface area contributed by atoms with E-state index in [1.807, 2.05) is 13.0 Å². The fourth-order valence-electron chi connectivity index (χ4n) is 2.99. The Morgan fingerprint density at radius 2 is 1.60 bits per heavy atom. The van der Waals surface area contributed by atoms with Gasteiger partial charge in [0.2, 0.25) is 0 Å². The number of halogens is 1. The van der Waals surface area contributed by atoms with Gasteiger partial charge in [-0.2, -0.15) is 0 Å². The van der Waals surface area contributed by atoms with Crippen LogP contribution in [0.2, 0.25) is 0 Å². The molecule has 0 radical (unpaired) electrons. The van der Waals surface area contributed by atoms with Gasteiger partial charge in [0, 0.05) is 16.1 Å². The molecule has 158 valence electrons. The molecule has 30 heavy (non-hydrogen) atoms. The third-order valence-corrected chi connectivity index (χ3v) is 6.46. The Hall–Kier alpha value is -2.55. The Labute approximate surface area is 184 Å². The number of benzene rings is 3. The molecule has 6 nitrogen and oxygen atoms in total. The number of aryl methyl sites for hydroxylation is 1. The van der Waals surface area contributed by atoms with Crippen LogP contribution < -0.4 is 14.2 Å². The summed E-state index contributed by atoms with van der Waals surface area (Å²) in [6.07, 6.45) is -1.10. The van der Waals surface area contributed by atoms with Gasteiger partial charge in [0.1, 0.15) is 6.10 Å². The molecule has 0 aliphatic heterocycles. The quantitative estimate of drug-likeness (QED) is 0.502. The zero-order chi connectivity index (χ0) is 21.9. The van der Waals surface area contributed by atoms with Gasteiger partial charge in [-0.25, -0.2) is 8.42 Å². The summed E-state index contributed by atoms with van der Waals surface area (Å²) in [7, 11) is -0.953. The second-order valence-corrected chi connectivity index (χ2v) is 9.27. The highest BCUT2D eigenvalue weighted by atomic mass is 79.9. The first kappa shape index (κ1) is 22.1. The van der Waals surface area contributed by atoms with Crippen LogP contribution in [0.1, 0.15) is 22.8 Å². The second kappa shape index (κ2) is 9.07. The van der Waals surface area contributed by atoms with Gasteiger partial charge in [0.05, 0.1) is 24.8 Å². The van der Waals surface area contributed by atoms with Crippen LogP contribution in [-0.4, -0.2) is 27.7 Å². The average molecular weight is 492 g/mol. The molecule has 0 unspecified atom stereocenters. The van der Waals surface area contributed by atoms with Crippen LogP contribution in [0.4, 0.5) is 5.69 Å². The molecule has 3 rings (SSSR count). The molecule has 0 bridgehead atoms. The Bertz CT molecular complexity index is 1150. The minimum atomic E-state index is -3.89. The van der Waals surface area contributed by atoms with Gasteiger partial charge in [-0.3, -0.25) is 4.72 Å². The number of sulfonamides is 1. The summed E-state index contributed by atoms with van der Waals surface area (Å²) in [6.45, 7) is 1.88. The zero-order valence-corrected chi connectivity index (χ0v) is 19.1. The van der Waals surface area contributed by atoms with Crippen LogP contribution >= 0.6 is 15.9 Å². The summed E-state index contributed by atoms with van der Waals surface area (Å²) in [5, 5.41) is 11.0. The molecule has 0 fully saturated rings. The fraction of sp³-hybridized carbons (Fsp3) is 0.182. The van der Waals surface area contributed by atoms with Gasteiger partial charge in [-0.15, -0.1) is 0 Å². The van der Waals surface area contributed by atoms with E-state index in [9.17, 15) is 13.5 Å². The molecule has 0 heterocycles. The standard InChI is InChI=1S/C22H22BrNO5S/c1-14-7-9-17(10-8-14)30(26,27)24-19-13-21(29-3)20(28-2)12-18(19)22(25)15-5-4-6-16(23)11-15/h4-13,22,24-25H,1-3H3/t22-/m0/s1. The average Bonchev–Trinajstić information content (AvgIpc) is 2.73. The molecule has 0 saturated heterocycles. The number of aliphatic hydroxyl groups excluding tert-OH is 1. The lowest BCUT2D eigenvalue weighted by atomic mass is 9.99. The first-order valence-corrected chi connectivity index (χ1v) is 11.3. The number of hydrogen-bond donors (Lipinski definition) is 2. The van der Waals surface area contributed by atoms with Crippen molar-refractivity contribution in [2.24, 2.45) is 0 Å². The van der Waals surface area contributed by atoms with Crippen molar-refractivity contribution in [1.29, 1.82) is 0 Å². The predicted molar refractivity (Wildman–Crippen MR) is 120 cm³/mol. The zero-order valence-electron chi connectivity index (χ0n) is 16.7. The van der Waals surface area contributed by atoms with Crippen molar-refractivity contribution >= 4 is 31.6 Å². The van der Waals surface area contributed by atoms with Crippen molar-refractivity contribution in [3.63, 3.8) is 0 Å². The van der Waals surface area contributed by atoms with Gasteiger partial charge in [-0.1, -0.05) is 45.8 Å². The molecular weight excluding hydrogens is 470 g/mol. The number of ether oxygens (including phenoxy) is 2. The third-order valence-electron chi connectivity index (χ3n) is 4.59. The SMILES string of the molecule is COc1cc(NS(=O)(=O)c2ccc(C)cc2)c([C@@H](O)c2cccc(Br)c2)cc1OC. The minimum absolute atomic E-state index is 0.116. The number of nitrogens with one attached hydrogen (secondary N) is 1. The number of hydrogen-bond acceptors (Lipinski definition) is 5. The van der Waals surface area contributed by atoms with E-state index in [1.165, 1.54) is 32.4 Å². The van der Waals surface area contributed by atoms with Crippen LogP contribution in [0.3, 0.4) is 0 Å². The van der Waals surface area contributed by atoms with Crippen molar-refractivity contribution in [1.82, 2.24) is 0 Å². The molecule has 0 aromatic heterocycles. The van der Waals surface area contributed by atoms with E-state index in [0.717, 1.165) is 10.0 Å². The van der Waals surface area contributed by atoms with E-state index >= 15 is 0 Å². The highest BCUT2D eigenvalue weighted by molar-refractivity contribution is 9.10. The molecule has 0 amide bonds. The van der Waals surface area contributed by atoms with E-state index < -0.39 is 16.1 Å². The Morgan fingerprint density at radius 3 is 2.20 bits per heavy atom. The monoisotopic (exact) mass is 491 g/mol. The smallest absolute Gasteiger partial charge is 0.261 e. The fourth-order valence-corrected chi connectivity index (χ4v) is 4.48. The normalized spacial score (nSPS) is 12.3. The molecule has 3 aromatic rings. The summed E-state index contributed by atoms with van der Waals surface area (Å²) in [6, 6.07) is 16.7. The van der Waals surface area contributed by atoms with E-state index in [4.69, 9.17) is 9.47 Å².